The molecule has 8 heteroatoms. The van der Waals surface area contributed by atoms with E-state index in [4.69, 9.17) is 10.5 Å². The molecular weight excluding hydrogens is 290 g/mol. The van der Waals surface area contributed by atoms with E-state index in [1.54, 1.807) is 0 Å². The second-order valence-electron chi connectivity index (χ2n) is 5.87. The molecule has 0 aromatic carbocycles. The van der Waals surface area contributed by atoms with Gasteiger partial charge in [-0.15, -0.1) is 5.10 Å². The minimum absolute atomic E-state index is 0.215. The van der Waals surface area contributed by atoms with E-state index in [9.17, 15) is 4.55 Å². The third-order valence-electron chi connectivity index (χ3n) is 4.05. The van der Waals surface area contributed by atoms with Crippen molar-refractivity contribution in [1.29, 1.82) is 0 Å². The van der Waals surface area contributed by atoms with Crippen LogP contribution in [-0.2, 0) is 23.0 Å². The van der Waals surface area contributed by atoms with Crippen LogP contribution in [-0.4, -0.2) is 62.8 Å². The second-order valence-corrected chi connectivity index (χ2v) is 7.26. The lowest BCUT2D eigenvalue weighted by molar-refractivity contribution is 0.0347. The van der Waals surface area contributed by atoms with E-state index in [2.05, 4.69) is 15.1 Å². The van der Waals surface area contributed by atoms with Crippen LogP contribution in [0.2, 0.25) is 0 Å². The first kappa shape index (κ1) is 15.2. The second kappa shape index (κ2) is 6.62. The maximum absolute atomic E-state index is 12.3. The van der Waals surface area contributed by atoms with Crippen molar-refractivity contribution < 1.29 is 9.29 Å². The monoisotopic (exact) mass is 313 g/mol. The Morgan fingerprint density at radius 1 is 1.38 bits per heavy atom. The Bertz CT molecular complexity index is 473. The van der Waals surface area contributed by atoms with Gasteiger partial charge < -0.3 is 15.0 Å². The summed E-state index contributed by atoms with van der Waals surface area (Å²) in [5, 5.41) is 8.82. The molecule has 2 heterocycles. The van der Waals surface area contributed by atoms with Crippen LogP contribution in [0.1, 0.15) is 24.7 Å². The lowest BCUT2D eigenvalue weighted by Crippen LogP contribution is -2.41. The zero-order valence-electron chi connectivity index (χ0n) is 12.4. The van der Waals surface area contributed by atoms with Gasteiger partial charge in [0.25, 0.3) is 0 Å². The number of hydrogen-bond acceptors (Lipinski definition) is 6. The van der Waals surface area contributed by atoms with E-state index >= 15 is 0 Å². The molecule has 1 aromatic rings. The van der Waals surface area contributed by atoms with E-state index in [0.29, 0.717) is 22.7 Å². The number of rotatable bonds is 6. The first-order chi connectivity index (χ1) is 10.1. The standard InChI is InChI=1S/C13H23N5O2S/c1-17-12(11(14)8-18-4-6-20-7-5-18)15-16-13(17)21(19)9-10-2-3-10/h10-11H,2-9,14H2,1H3. The highest BCUT2D eigenvalue weighted by Crippen LogP contribution is 2.32. The van der Waals surface area contributed by atoms with Crippen molar-refractivity contribution in [2.45, 2.75) is 24.0 Å². The van der Waals surface area contributed by atoms with E-state index in [1.807, 2.05) is 11.6 Å². The molecule has 0 bridgehead atoms. The van der Waals surface area contributed by atoms with Crippen LogP contribution in [0.4, 0.5) is 0 Å². The van der Waals surface area contributed by atoms with Gasteiger partial charge in [0.15, 0.2) is 5.82 Å². The van der Waals surface area contributed by atoms with Gasteiger partial charge in [0.05, 0.1) is 19.3 Å². The predicted molar refractivity (Wildman–Crippen MR) is 79.2 cm³/mol. The van der Waals surface area contributed by atoms with Crippen LogP contribution in [0.3, 0.4) is 0 Å². The van der Waals surface area contributed by atoms with Gasteiger partial charge in [-0.2, -0.15) is 0 Å². The number of nitrogens with zero attached hydrogens (tertiary/aromatic N) is 4. The van der Waals surface area contributed by atoms with Crippen LogP contribution >= 0.6 is 0 Å². The molecule has 3 rings (SSSR count). The molecule has 0 radical (unpaired) electrons. The average molecular weight is 313 g/mol. The van der Waals surface area contributed by atoms with Crippen molar-refractivity contribution in [1.82, 2.24) is 19.7 Å². The summed E-state index contributed by atoms with van der Waals surface area (Å²) in [6, 6.07) is -0.215. The topological polar surface area (TPSA) is 92.3 Å². The van der Waals surface area contributed by atoms with Crippen LogP contribution in [0, 0.1) is 5.92 Å². The highest BCUT2D eigenvalue weighted by Gasteiger charge is 2.32. The quantitative estimate of drug-likeness (QED) is 0.723. The summed E-state index contributed by atoms with van der Waals surface area (Å²) in [7, 11) is 1.86. The van der Waals surface area contributed by atoms with Crippen LogP contribution in [0.5, 0.6) is 0 Å². The van der Waals surface area contributed by atoms with Gasteiger partial charge in [0, 0.05) is 43.8 Å². The van der Waals surface area contributed by atoms with E-state index in [0.717, 1.165) is 32.8 Å². The SMILES string of the molecule is Cn1c(C(N)CN2CCOCC2)nnc1[S+]([O-])CC1CC1. The zero-order valence-corrected chi connectivity index (χ0v) is 13.2. The first-order valence-electron chi connectivity index (χ1n) is 7.48. The largest absolute Gasteiger partial charge is 0.609 e. The Balaban J connectivity index is 1.62. The lowest BCUT2D eigenvalue weighted by atomic mass is 10.2. The van der Waals surface area contributed by atoms with E-state index in [1.165, 1.54) is 12.8 Å². The Morgan fingerprint density at radius 3 is 2.76 bits per heavy atom. The summed E-state index contributed by atoms with van der Waals surface area (Å²) in [5.74, 6) is 2.01. The van der Waals surface area contributed by atoms with E-state index in [-0.39, 0.29) is 6.04 Å². The number of hydrogen-bond donors (Lipinski definition) is 1. The molecule has 1 saturated carbocycles. The predicted octanol–water partition coefficient (Wildman–Crippen LogP) is -0.335. The summed E-state index contributed by atoms with van der Waals surface area (Å²) in [5.41, 5.74) is 6.25. The average Bonchev–Trinajstić information content (AvgIpc) is 3.19. The Labute approximate surface area is 128 Å². The first-order valence-corrected chi connectivity index (χ1v) is 8.80. The minimum Gasteiger partial charge on any atom is -0.609 e. The molecule has 2 unspecified atom stereocenters. The summed E-state index contributed by atoms with van der Waals surface area (Å²) in [6.45, 7) is 4.02. The van der Waals surface area contributed by atoms with Crippen molar-refractivity contribution in [2.24, 2.45) is 18.7 Å². The van der Waals surface area contributed by atoms with E-state index < -0.39 is 11.2 Å². The molecule has 1 aromatic heterocycles. The number of nitrogens with two attached hydrogens (primary N) is 1. The van der Waals surface area contributed by atoms with Crippen molar-refractivity contribution >= 4 is 11.2 Å². The van der Waals surface area contributed by atoms with Gasteiger partial charge in [-0.05, 0) is 12.8 Å². The molecule has 1 aliphatic heterocycles. The van der Waals surface area contributed by atoms with Gasteiger partial charge in [-0.3, -0.25) is 9.47 Å². The number of aromatic nitrogens is 3. The molecule has 2 atom stereocenters. The molecule has 1 aliphatic carbocycles. The molecule has 118 valence electrons. The van der Waals surface area contributed by atoms with Crippen LogP contribution < -0.4 is 5.73 Å². The molecule has 1 saturated heterocycles. The Kier molecular flexibility index (Phi) is 4.80. The third kappa shape index (κ3) is 3.75. The fraction of sp³-hybridized carbons (Fsp3) is 0.846. The molecule has 2 fully saturated rings. The zero-order chi connectivity index (χ0) is 14.8. The Hall–Kier alpha value is -0.670. The van der Waals surface area contributed by atoms with Gasteiger partial charge in [0.2, 0.25) is 0 Å². The molecular formula is C13H23N5O2S. The fourth-order valence-electron chi connectivity index (χ4n) is 2.56. The van der Waals surface area contributed by atoms with Gasteiger partial charge >= 0.3 is 5.16 Å². The van der Waals surface area contributed by atoms with Crippen LogP contribution in [0.15, 0.2) is 5.16 Å². The summed E-state index contributed by atoms with van der Waals surface area (Å²) < 4.78 is 19.4. The molecule has 0 spiro atoms. The van der Waals surface area contributed by atoms with Crippen LogP contribution in [0.25, 0.3) is 0 Å². The summed E-state index contributed by atoms with van der Waals surface area (Å²) >= 11 is -1.06. The van der Waals surface area contributed by atoms with Gasteiger partial charge in [-0.25, -0.2) is 0 Å². The third-order valence-corrected chi connectivity index (χ3v) is 5.58. The summed E-state index contributed by atoms with van der Waals surface area (Å²) in [4.78, 5) is 2.27. The van der Waals surface area contributed by atoms with Crippen molar-refractivity contribution in [3.05, 3.63) is 5.82 Å². The van der Waals surface area contributed by atoms with Crippen molar-refractivity contribution in [2.75, 3.05) is 38.6 Å². The lowest BCUT2D eigenvalue weighted by Gasteiger charge is -2.28. The Morgan fingerprint density at radius 2 is 2.10 bits per heavy atom. The normalized spacial score (nSPS) is 23.2. The summed E-state index contributed by atoms with van der Waals surface area (Å²) in [6.07, 6.45) is 2.37. The number of morpholine rings is 1. The number of ether oxygens (including phenoxy) is 1. The molecule has 0 amide bonds. The minimum atomic E-state index is -1.06. The maximum atomic E-state index is 12.3. The van der Waals surface area contributed by atoms with Gasteiger partial charge in [0.1, 0.15) is 5.75 Å². The smallest absolute Gasteiger partial charge is 0.343 e. The molecule has 2 aliphatic rings. The van der Waals surface area contributed by atoms with Gasteiger partial charge in [-0.1, -0.05) is 5.10 Å². The molecule has 2 N–H and O–H groups in total. The molecule has 21 heavy (non-hydrogen) atoms. The molecule has 7 nitrogen and oxygen atoms in total. The fourth-order valence-corrected chi connectivity index (χ4v) is 4.01. The maximum Gasteiger partial charge on any atom is 0.343 e. The highest BCUT2D eigenvalue weighted by atomic mass is 32.2. The van der Waals surface area contributed by atoms with Crippen molar-refractivity contribution in [3.8, 4) is 0 Å². The highest BCUT2D eigenvalue weighted by molar-refractivity contribution is 7.91. The van der Waals surface area contributed by atoms with Crippen molar-refractivity contribution in [3.63, 3.8) is 0 Å².